The van der Waals surface area contributed by atoms with Crippen LogP contribution in [0.15, 0.2) is 42.5 Å². The molecule has 3 rings (SSSR count). The molecule has 4 nitrogen and oxygen atoms in total. The fourth-order valence-electron chi connectivity index (χ4n) is 1.97. The van der Waals surface area contributed by atoms with Crippen molar-refractivity contribution in [1.82, 2.24) is 14.6 Å². The van der Waals surface area contributed by atoms with Crippen molar-refractivity contribution in [3.8, 4) is 0 Å². The Kier molecular flexibility index (Phi) is 2.64. The first kappa shape index (κ1) is 11.0. The van der Waals surface area contributed by atoms with E-state index in [1.807, 2.05) is 46.9 Å². The number of pyridine rings is 1. The lowest BCUT2D eigenvalue weighted by molar-refractivity contribution is 0.939. The zero-order valence-corrected chi connectivity index (χ0v) is 10.3. The van der Waals surface area contributed by atoms with Gasteiger partial charge in [0.2, 0.25) is 0 Å². The van der Waals surface area contributed by atoms with E-state index in [2.05, 4.69) is 10.2 Å². The Morgan fingerprint density at radius 1 is 1.11 bits per heavy atom. The van der Waals surface area contributed by atoms with Gasteiger partial charge in [-0.15, -0.1) is 10.2 Å². The van der Waals surface area contributed by atoms with Crippen LogP contribution >= 0.6 is 11.6 Å². The van der Waals surface area contributed by atoms with Crippen LogP contribution < -0.4 is 5.73 Å². The number of halogens is 1. The third-order valence-corrected chi connectivity index (χ3v) is 3.01. The lowest BCUT2D eigenvalue weighted by Gasteiger charge is -2.03. The third kappa shape index (κ3) is 1.91. The molecule has 0 saturated heterocycles. The standard InChI is InChI=1S/C13H11ClN4/c14-10-4-1-3-9(7-10)8-13-17-16-12-6-2-5-11(15)18(12)13/h1-7H,8,15H2. The molecule has 0 aliphatic rings. The van der Waals surface area contributed by atoms with Crippen LogP contribution in [0.5, 0.6) is 0 Å². The number of benzene rings is 1. The Hall–Kier alpha value is -2.07. The minimum atomic E-state index is 0.634. The maximum atomic E-state index is 5.97. The molecule has 0 bridgehead atoms. The maximum absolute atomic E-state index is 5.97. The van der Waals surface area contributed by atoms with E-state index in [1.165, 1.54) is 0 Å². The van der Waals surface area contributed by atoms with E-state index >= 15 is 0 Å². The van der Waals surface area contributed by atoms with Gasteiger partial charge in [0.05, 0.1) is 0 Å². The molecule has 0 radical (unpaired) electrons. The summed E-state index contributed by atoms with van der Waals surface area (Å²) in [5.74, 6) is 1.44. The first-order chi connectivity index (χ1) is 8.74. The van der Waals surface area contributed by atoms with Gasteiger partial charge in [-0.1, -0.05) is 29.8 Å². The van der Waals surface area contributed by atoms with Crippen molar-refractivity contribution in [3.05, 3.63) is 58.9 Å². The molecule has 3 aromatic rings. The molecule has 0 aliphatic carbocycles. The molecule has 1 aromatic carbocycles. The summed E-state index contributed by atoms with van der Waals surface area (Å²) in [7, 11) is 0. The number of anilines is 1. The second-order valence-corrected chi connectivity index (χ2v) is 4.50. The Balaban J connectivity index is 2.05. The molecule has 0 unspecified atom stereocenters. The van der Waals surface area contributed by atoms with Gasteiger partial charge >= 0.3 is 0 Å². The van der Waals surface area contributed by atoms with Crippen LogP contribution in [0, 0.1) is 0 Å². The van der Waals surface area contributed by atoms with Gasteiger partial charge in [0, 0.05) is 11.4 Å². The molecular formula is C13H11ClN4. The van der Waals surface area contributed by atoms with Crippen LogP contribution in [0.4, 0.5) is 5.82 Å². The quantitative estimate of drug-likeness (QED) is 0.769. The normalized spacial score (nSPS) is 10.9. The molecule has 0 fully saturated rings. The largest absolute Gasteiger partial charge is 0.385 e. The van der Waals surface area contributed by atoms with Crippen LogP contribution in [0.2, 0.25) is 5.02 Å². The molecule has 0 spiro atoms. The number of hydrogen-bond donors (Lipinski definition) is 1. The van der Waals surface area contributed by atoms with Crippen LogP contribution in [-0.2, 0) is 6.42 Å². The fourth-order valence-corrected chi connectivity index (χ4v) is 2.18. The molecule has 0 amide bonds. The number of nitrogen functional groups attached to an aromatic ring is 1. The van der Waals surface area contributed by atoms with Gasteiger partial charge in [-0.3, -0.25) is 4.40 Å². The summed E-state index contributed by atoms with van der Waals surface area (Å²) in [4.78, 5) is 0. The van der Waals surface area contributed by atoms with E-state index in [1.54, 1.807) is 0 Å². The van der Waals surface area contributed by atoms with E-state index in [-0.39, 0.29) is 0 Å². The van der Waals surface area contributed by atoms with Gasteiger partial charge in [-0.05, 0) is 29.8 Å². The predicted octanol–water partition coefficient (Wildman–Crippen LogP) is 2.56. The summed E-state index contributed by atoms with van der Waals surface area (Å²) in [6, 6.07) is 13.3. The van der Waals surface area contributed by atoms with Gasteiger partial charge in [-0.2, -0.15) is 0 Å². The van der Waals surface area contributed by atoms with E-state index in [0.717, 1.165) is 17.0 Å². The third-order valence-electron chi connectivity index (χ3n) is 2.78. The number of hydrogen-bond acceptors (Lipinski definition) is 3. The molecule has 0 atom stereocenters. The number of fused-ring (bicyclic) bond motifs is 1. The van der Waals surface area contributed by atoms with Crippen molar-refractivity contribution >= 4 is 23.1 Å². The molecule has 0 aliphatic heterocycles. The Bertz CT molecular complexity index is 705. The Morgan fingerprint density at radius 3 is 2.78 bits per heavy atom. The van der Waals surface area contributed by atoms with Crippen molar-refractivity contribution in [2.75, 3.05) is 5.73 Å². The highest BCUT2D eigenvalue weighted by molar-refractivity contribution is 6.30. The summed E-state index contributed by atoms with van der Waals surface area (Å²) in [5.41, 5.74) is 7.78. The van der Waals surface area contributed by atoms with E-state index in [4.69, 9.17) is 17.3 Å². The molecular weight excluding hydrogens is 248 g/mol. The monoisotopic (exact) mass is 258 g/mol. The van der Waals surface area contributed by atoms with Crippen molar-refractivity contribution in [2.24, 2.45) is 0 Å². The smallest absolute Gasteiger partial charge is 0.162 e. The Labute approximate surface area is 109 Å². The minimum absolute atomic E-state index is 0.634. The van der Waals surface area contributed by atoms with Crippen molar-refractivity contribution in [2.45, 2.75) is 6.42 Å². The zero-order chi connectivity index (χ0) is 12.5. The highest BCUT2D eigenvalue weighted by Gasteiger charge is 2.08. The van der Waals surface area contributed by atoms with Crippen LogP contribution in [0.25, 0.3) is 5.65 Å². The maximum Gasteiger partial charge on any atom is 0.162 e. The molecule has 2 heterocycles. The summed E-state index contributed by atoms with van der Waals surface area (Å²) in [6.07, 6.45) is 0.649. The molecule has 90 valence electrons. The zero-order valence-electron chi connectivity index (χ0n) is 9.55. The van der Waals surface area contributed by atoms with Gasteiger partial charge < -0.3 is 5.73 Å². The van der Waals surface area contributed by atoms with Crippen LogP contribution in [0.3, 0.4) is 0 Å². The summed E-state index contributed by atoms with van der Waals surface area (Å²) in [5, 5.41) is 8.99. The van der Waals surface area contributed by atoms with Crippen molar-refractivity contribution in [1.29, 1.82) is 0 Å². The Morgan fingerprint density at radius 2 is 1.94 bits per heavy atom. The summed E-state index contributed by atoms with van der Waals surface area (Å²) in [6.45, 7) is 0. The van der Waals surface area contributed by atoms with Crippen molar-refractivity contribution < 1.29 is 0 Å². The summed E-state index contributed by atoms with van der Waals surface area (Å²) >= 11 is 5.97. The second-order valence-electron chi connectivity index (χ2n) is 4.07. The molecule has 0 saturated carbocycles. The summed E-state index contributed by atoms with van der Waals surface area (Å²) < 4.78 is 1.85. The van der Waals surface area contributed by atoms with Crippen LogP contribution in [-0.4, -0.2) is 14.6 Å². The lowest BCUT2D eigenvalue weighted by atomic mass is 10.1. The first-order valence-corrected chi connectivity index (χ1v) is 5.95. The number of nitrogens with zero attached hydrogens (tertiary/aromatic N) is 3. The van der Waals surface area contributed by atoms with Gasteiger partial charge in [0.1, 0.15) is 11.6 Å². The molecule has 18 heavy (non-hydrogen) atoms. The highest BCUT2D eigenvalue weighted by Crippen LogP contribution is 2.16. The van der Waals surface area contributed by atoms with E-state index in [9.17, 15) is 0 Å². The number of nitrogens with two attached hydrogens (primary N) is 1. The SMILES string of the molecule is Nc1cccc2nnc(Cc3cccc(Cl)c3)n12. The average Bonchev–Trinajstić information content (AvgIpc) is 2.74. The average molecular weight is 259 g/mol. The van der Waals surface area contributed by atoms with Gasteiger partial charge in [0.15, 0.2) is 5.65 Å². The number of aromatic nitrogens is 3. The van der Waals surface area contributed by atoms with Crippen LogP contribution in [0.1, 0.15) is 11.4 Å². The fraction of sp³-hybridized carbons (Fsp3) is 0.0769. The molecule has 2 aromatic heterocycles. The minimum Gasteiger partial charge on any atom is -0.385 e. The molecule has 5 heteroatoms. The number of rotatable bonds is 2. The first-order valence-electron chi connectivity index (χ1n) is 5.57. The van der Waals surface area contributed by atoms with Gasteiger partial charge in [-0.25, -0.2) is 0 Å². The molecule has 2 N–H and O–H groups in total. The second kappa shape index (κ2) is 4.31. The lowest BCUT2D eigenvalue weighted by Crippen LogP contribution is -2.01. The van der Waals surface area contributed by atoms with E-state index in [0.29, 0.717) is 17.3 Å². The topological polar surface area (TPSA) is 56.2 Å². The van der Waals surface area contributed by atoms with E-state index < -0.39 is 0 Å². The van der Waals surface area contributed by atoms with Crippen molar-refractivity contribution in [3.63, 3.8) is 0 Å². The highest BCUT2D eigenvalue weighted by atomic mass is 35.5. The predicted molar refractivity (Wildman–Crippen MR) is 71.7 cm³/mol. The van der Waals surface area contributed by atoms with Gasteiger partial charge in [0.25, 0.3) is 0 Å².